The van der Waals surface area contributed by atoms with Crippen molar-refractivity contribution < 1.29 is 19.4 Å². The minimum atomic E-state index is -0.901. The first-order chi connectivity index (χ1) is 13.1. The van der Waals surface area contributed by atoms with Crippen LogP contribution in [0, 0.1) is 5.92 Å². The van der Waals surface area contributed by atoms with Crippen molar-refractivity contribution in [1.29, 1.82) is 0 Å². The standard InChI is InChI=1S/C20H22N2O4S/c23-18(24)11-13-12-22(9-10-26-13)20(25)15-6-2-1-5-14(15)19-21-16-7-3-4-8-17(16)27-19/h1-4,7-8,13-15H,5-6,9-12H2,(H,23,24)/t13-,14-,15-/m1/s1. The monoisotopic (exact) mass is 386 g/mol. The van der Waals surface area contributed by atoms with E-state index in [9.17, 15) is 9.59 Å². The second kappa shape index (κ2) is 7.78. The molecule has 0 bridgehead atoms. The first-order valence-electron chi connectivity index (χ1n) is 9.24. The number of carboxylic acid groups (broad SMARTS) is 1. The van der Waals surface area contributed by atoms with Crippen LogP contribution in [0.15, 0.2) is 36.4 Å². The van der Waals surface area contributed by atoms with Crippen molar-refractivity contribution in [3.63, 3.8) is 0 Å². The molecular weight excluding hydrogens is 364 g/mol. The number of aliphatic carboxylic acids is 1. The minimum absolute atomic E-state index is 0.0701. The summed E-state index contributed by atoms with van der Waals surface area (Å²) in [5.41, 5.74) is 0.978. The Balaban J connectivity index is 1.54. The van der Waals surface area contributed by atoms with Crippen LogP contribution in [-0.2, 0) is 14.3 Å². The van der Waals surface area contributed by atoms with Crippen LogP contribution in [0.4, 0.5) is 0 Å². The molecule has 1 saturated heterocycles. The number of carboxylic acids is 1. The molecule has 0 unspecified atom stereocenters. The maximum atomic E-state index is 13.2. The lowest BCUT2D eigenvalue weighted by Crippen LogP contribution is -2.49. The number of rotatable bonds is 4. The second-order valence-corrected chi connectivity index (χ2v) is 8.11. The Morgan fingerprint density at radius 2 is 2.07 bits per heavy atom. The van der Waals surface area contributed by atoms with Gasteiger partial charge in [0, 0.05) is 19.0 Å². The van der Waals surface area contributed by atoms with Gasteiger partial charge in [-0.3, -0.25) is 9.59 Å². The van der Waals surface area contributed by atoms with Crippen LogP contribution in [-0.4, -0.2) is 52.7 Å². The van der Waals surface area contributed by atoms with Gasteiger partial charge in [-0.15, -0.1) is 11.3 Å². The zero-order chi connectivity index (χ0) is 18.8. The quantitative estimate of drug-likeness (QED) is 0.817. The molecule has 0 radical (unpaired) electrons. The van der Waals surface area contributed by atoms with Gasteiger partial charge < -0.3 is 14.7 Å². The van der Waals surface area contributed by atoms with Crippen molar-refractivity contribution in [3.05, 3.63) is 41.4 Å². The zero-order valence-electron chi connectivity index (χ0n) is 14.9. The van der Waals surface area contributed by atoms with Gasteiger partial charge in [-0.25, -0.2) is 4.98 Å². The number of thiazole rings is 1. The molecule has 1 aliphatic heterocycles. The van der Waals surface area contributed by atoms with Gasteiger partial charge in [-0.2, -0.15) is 0 Å². The van der Waals surface area contributed by atoms with Crippen LogP contribution in [0.1, 0.15) is 30.2 Å². The molecule has 1 fully saturated rings. The normalized spacial score (nSPS) is 25.6. The number of fused-ring (bicyclic) bond motifs is 1. The molecule has 6 nitrogen and oxygen atoms in total. The molecule has 4 rings (SSSR count). The molecule has 7 heteroatoms. The highest BCUT2D eigenvalue weighted by atomic mass is 32.1. The number of aromatic nitrogens is 1. The Morgan fingerprint density at radius 3 is 2.89 bits per heavy atom. The molecule has 1 amide bonds. The maximum Gasteiger partial charge on any atom is 0.306 e. The molecule has 3 atom stereocenters. The zero-order valence-corrected chi connectivity index (χ0v) is 15.7. The molecule has 2 aliphatic rings. The van der Waals surface area contributed by atoms with E-state index >= 15 is 0 Å². The number of carbonyl (C=O) groups is 2. The summed E-state index contributed by atoms with van der Waals surface area (Å²) < 4.78 is 6.65. The summed E-state index contributed by atoms with van der Waals surface area (Å²) in [7, 11) is 0. The van der Waals surface area contributed by atoms with E-state index in [4.69, 9.17) is 14.8 Å². The largest absolute Gasteiger partial charge is 0.481 e. The van der Waals surface area contributed by atoms with E-state index in [0.29, 0.717) is 26.1 Å². The van der Waals surface area contributed by atoms with Crippen LogP contribution < -0.4 is 0 Å². The van der Waals surface area contributed by atoms with E-state index in [1.165, 1.54) is 0 Å². The summed E-state index contributed by atoms with van der Waals surface area (Å²) in [5.74, 6) is -0.899. The highest BCUT2D eigenvalue weighted by Gasteiger charge is 2.36. The highest BCUT2D eigenvalue weighted by molar-refractivity contribution is 7.18. The summed E-state index contributed by atoms with van der Waals surface area (Å²) in [6.45, 7) is 1.25. The number of carbonyl (C=O) groups excluding carboxylic acids is 1. The third-order valence-electron chi connectivity index (χ3n) is 5.23. The predicted molar refractivity (Wildman–Crippen MR) is 103 cm³/mol. The van der Waals surface area contributed by atoms with Gasteiger partial charge in [-0.05, 0) is 25.0 Å². The Hall–Kier alpha value is -2.25. The SMILES string of the molecule is O=C(O)C[C@@H]1CN(C(=O)[C@@H]2CC=CC[C@H]2c2nc3ccccc3s2)CCO1. The van der Waals surface area contributed by atoms with Crippen molar-refractivity contribution in [1.82, 2.24) is 9.88 Å². The number of benzene rings is 1. The molecule has 0 saturated carbocycles. The van der Waals surface area contributed by atoms with Gasteiger partial charge in [0.05, 0.1) is 40.3 Å². The van der Waals surface area contributed by atoms with Gasteiger partial charge in [0.2, 0.25) is 5.91 Å². The van der Waals surface area contributed by atoms with Crippen LogP contribution in [0.3, 0.4) is 0 Å². The summed E-state index contributed by atoms with van der Waals surface area (Å²) >= 11 is 1.66. The van der Waals surface area contributed by atoms with Crippen LogP contribution in [0.5, 0.6) is 0 Å². The number of nitrogens with zero attached hydrogens (tertiary/aromatic N) is 2. The fraction of sp³-hybridized carbons (Fsp3) is 0.450. The maximum absolute atomic E-state index is 13.2. The first-order valence-corrected chi connectivity index (χ1v) is 10.1. The van der Waals surface area contributed by atoms with Gasteiger partial charge >= 0.3 is 5.97 Å². The van der Waals surface area contributed by atoms with Crippen LogP contribution >= 0.6 is 11.3 Å². The Morgan fingerprint density at radius 1 is 1.26 bits per heavy atom. The molecule has 1 N–H and O–H groups in total. The molecule has 2 aromatic rings. The second-order valence-electron chi connectivity index (χ2n) is 7.05. The van der Waals surface area contributed by atoms with Crippen molar-refractivity contribution in [2.75, 3.05) is 19.7 Å². The van der Waals surface area contributed by atoms with Crippen molar-refractivity contribution >= 4 is 33.4 Å². The average molecular weight is 386 g/mol. The van der Waals surface area contributed by atoms with E-state index in [-0.39, 0.29) is 24.2 Å². The van der Waals surface area contributed by atoms with Gasteiger partial charge in [0.1, 0.15) is 0 Å². The lowest BCUT2D eigenvalue weighted by molar-refractivity contribution is -0.150. The average Bonchev–Trinajstić information content (AvgIpc) is 3.11. The number of hydrogen-bond donors (Lipinski definition) is 1. The number of amides is 1. The van der Waals surface area contributed by atoms with Crippen molar-refractivity contribution in [2.45, 2.75) is 31.3 Å². The molecule has 2 heterocycles. The molecule has 1 aromatic heterocycles. The summed E-state index contributed by atoms with van der Waals surface area (Å²) in [5, 5.41) is 10.0. The molecule has 0 spiro atoms. The molecule has 27 heavy (non-hydrogen) atoms. The number of morpholine rings is 1. The van der Waals surface area contributed by atoms with Gasteiger partial charge in [-0.1, -0.05) is 24.3 Å². The fourth-order valence-electron chi connectivity index (χ4n) is 3.88. The Kier molecular flexibility index (Phi) is 5.22. The number of ether oxygens (including phenoxy) is 1. The topological polar surface area (TPSA) is 79.7 Å². The fourth-order valence-corrected chi connectivity index (χ4v) is 5.03. The smallest absolute Gasteiger partial charge is 0.306 e. The van der Waals surface area contributed by atoms with Crippen LogP contribution in [0.25, 0.3) is 10.2 Å². The third kappa shape index (κ3) is 3.89. The van der Waals surface area contributed by atoms with Gasteiger partial charge in [0.25, 0.3) is 0 Å². The summed E-state index contributed by atoms with van der Waals surface area (Å²) in [6.07, 6.45) is 5.20. The molecule has 1 aliphatic carbocycles. The Labute approximate surface area is 161 Å². The lowest BCUT2D eigenvalue weighted by Gasteiger charge is -2.36. The van der Waals surface area contributed by atoms with E-state index in [1.807, 2.05) is 18.2 Å². The van der Waals surface area contributed by atoms with E-state index in [1.54, 1.807) is 16.2 Å². The number of para-hydroxylation sites is 1. The number of hydrogen-bond acceptors (Lipinski definition) is 5. The molecule has 142 valence electrons. The van der Waals surface area contributed by atoms with Crippen molar-refractivity contribution in [2.24, 2.45) is 5.92 Å². The van der Waals surface area contributed by atoms with Crippen molar-refractivity contribution in [3.8, 4) is 0 Å². The number of allylic oxidation sites excluding steroid dienone is 2. The van der Waals surface area contributed by atoms with Crippen LogP contribution in [0.2, 0.25) is 0 Å². The van der Waals surface area contributed by atoms with E-state index in [2.05, 4.69) is 18.2 Å². The lowest BCUT2D eigenvalue weighted by atomic mass is 9.82. The summed E-state index contributed by atoms with van der Waals surface area (Å²) in [6, 6.07) is 8.04. The minimum Gasteiger partial charge on any atom is -0.481 e. The third-order valence-corrected chi connectivity index (χ3v) is 6.40. The molecule has 1 aromatic carbocycles. The predicted octanol–water partition coefficient (Wildman–Crippen LogP) is 3.05. The van der Waals surface area contributed by atoms with E-state index < -0.39 is 12.1 Å². The highest BCUT2D eigenvalue weighted by Crippen LogP contribution is 2.39. The first kappa shape index (κ1) is 18.1. The Bertz CT molecular complexity index is 845. The van der Waals surface area contributed by atoms with E-state index in [0.717, 1.165) is 21.6 Å². The molecular formula is C20H22N2O4S. The van der Waals surface area contributed by atoms with Gasteiger partial charge in [0.15, 0.2) is 0 Å². The summed E-state index contributed by atoms with van der Waals surface area (Å²) in [4.78, 5) is 30.8.